The summed E-state index contributed by atoms with van der Waals surface area (Å²) in [5.74, 6) is 0.763. The number of pyridine rings is 1. The standard InChI is InChI=1S/C12H13BrN6O/c13-9-3-4-10(14-6-9)12(20)19-5-1-2-8(7-19)11-15-17-18-16-11/h3-4,6,8H,1-2,5,7H2,(H,15,16,17,18)/t8-/m1/s1. The fourth-order valence-electron chi connectivity index (χ4n) is 2.38. The van der Waals surface area contributed by atoms with Gasteiger partial charge in [-0.2, -0.15) is 5.21 Å². The molecule has 1 amide bonds. The predicted molar refractivity (Wildman–Crippen MR) is 74.0 cm³/mol. The molecule has 2 aromatic heterocycles. The summed E-state index contributed by atoms with van der Waals surface area (Å²) in [4.78, 5) is 18.4. The van der Waals surface area contributed by atoms with Gasteiger partial charge in [0.1, 0.15) is 5.69 Å². The Kier molecular flexibility index (Phi) is 3.72. The van der Waals surface area contributed by atoms with Crippen LogP contribution in [0.15, 0.2) is 22.8 Å². The summed E-state index contributed by atoms with van der Waals surface area (Å²) in [5.41, 5.74) is 0.460. The minimum absolute atomic E-state index is 0.0503. The molecule has 3 heterocycles. The molecule has 1 atom stereocenters. The fourth-order valence-corrected chi connectivity index (χ4v) is 2.61. The number of likely N-dealkylation sites (tertiary alicyclic amines) is 1. The lowest BCUT2D eigenvalue weighted by Gasteiger charge is -2.31. The first-order chi connectivity index (χ1) is 9.74. The Morgan fingerprint density at radius 3 is 3.05 bits per heavy atom. The van der Waals surface area contributed by atoms with Crippen LogP contribution in [-0.2, 0) is 0 Å². The van der Waals surface area contributed by atoms with Crippen molar-refractivity contribution in [2.75, 3.05) is 13.1 Å². The van der Waals surface area contributed by atoms with Crippen molar-refractivity contribution in [2.24, 2.45) is 0 Å². The molecule has 0 aromatic carbocycles. The molecular formula is C12H13BrN6O. The van der Waals surface area contributed by atoms with Gasteiger partial charge in [-0.1, -0.05) is 5.21 Å². The van der Waals surface area contributed by atoms with Crippen LogP contribution in [0, 0.1) is 0 Å². The minimum Gasteiger partial charge on any atom is -0.337 e. The third-order valence-corrected chi connectivity index (χ3v) is 3.85. The number of nitrogens with one attached hydrogen (secondary N) is 1. The zero-order valence-electron chi connectivity index (χ0n) is 10.7. The minimum atomic E-state index is -0.0503. The number of amides is 1. The van der Waals surface area contributed by atoms with Gasteiger partial charge in [0.05, 0.1) is 0 Å². The van der Waals surface area contributed by atoms with Gasteiger partial charge in [-0.05, 0) is 40.9 Å². The highest BCUT2D eigenvalue weighted by atomic mass is 79.9. The number of tetrazole rings is 1. The first-order valence-corrected chi connectivity index (χ1v) is 7.17. The van der Waals surface area contributed by atoms with Crippen molar-refractivity contribution in [3.63, 3.8) is 0 Å². The Morgan fingerprint density at radius 2 is 2.35 bits per heavy atom. The molecule has 1 aliphatic heterocycles. The average molecular weight is 337 g/mol. The maximum absolute atomic E-state index is 12.4. The van der Waals surface area contributed by atoms with Crippen molar-refractivity contribution in [1.29, 1.82) is 0 Å². The van der Waals surface area contributed by atoms with Crippen molar-refractivity contribution in [2.45, 2.75) is 18.8 Å². The number of piperidine rings is 1. The number of rotatable bonds is 2. The van der Waals surface area contributed by atoms with Crippen LogP contribution >= 0.6 is 15.9 Å². The maximum Gasteiger partial charge on any atom is 0.272 e. The number of carbonyl (C=O) groups is 1. The Morgan fingerprint density at radius 1 is 1.45 bits per heavy atom. The summed E-state index contributed by atoms with van der Waals surface area (Å²) in [5, 5.41) is 14.1. The van der Waals surface area contributed by atoms with Crippen molar-refractivity contribution in [3.05, 3.63) is 34.3 Å². The molecule has 0 spiro atoms. The van der Waals surface area contributed by atoms with Crippen molar-refractivity contribution in [3.8, 4) is 0 Å². The lowest BCUT2D eigenvalue weighted by atomic mass is 9.97. The molecule has 0 aliphatic carbocycles. The van der Waals surface area contributed by atoms with Crippen LogP contribution in [0.3, 0.4) is 0 Å². The molecule has 1 aliphatic rings. The largest absolute Gasteiger partial charge is 0.337 e. The summed E-state index contributed by atoms with van der Waals surface area (Å²) >= 11 is 3.31. The number of nitrogens with zero attached hydrogens (tertiary/aromatic N) is 5. The molecule has 1 N–H and O–H groups in total. The van der Waals surface area contributed by atoms with Crippen molar-refractivity contribution >= 4 is 21.8 Å². The molecule has 3 rings (SSSR count). The number of H-pyrrole nitrogens is 1. The smallest absolute Gasteiger partial charge is 0.272 e. The number of hydrogen-bond donors (Lipinski definition) is 1. The lowest BCUT2D eigenvalue weighted by Crippen LogP contribution is -2.39. The van der Waals surface area contributed by atoms with Gasteiger partial charge in [0.15, 0.2) is 5.82 Å². The van der Waals surface area contributed by atoms with E-state index in [4.69, 9.17) is 0 Å². The molecule has 2 aromatic rings. The zero-order valence-corrected chi connectivity index (χ0v) is 12.2. The fraction of sp³-hybridized carbons (Fsp3) is 0.417. The van der Waals surface area contributed by atoms with Gasteiger partial charge >= 0.3 is 0 Å². The van der Waals surface area contributed by atoms with Crippen LogP contribution in [0.1, 0.15) is 35.1 Å². The van der Waals surface area contributed by atoms with E-state index in [2.05, 4.69) is 41.5 Å². The average Bonchev–Trinajstić information content (AvgIpc) is 3.02. The quantitative estimate of drug-likeness (QED) is 0.894. The predicted octanol–water partition coefficient (Wildman–Crippen LogP) is 1.38. The van der Waals surface area contributed by atoms with Gasteiger partial charge in [-0.3, -0.25) is 4.79 Å². The molecule has 104 valence electrons. The second-order valence-electron chi connectivity index (χ2n) is 4.72. The van der Waals surface area contributed by atoms with E-state index < -0.39 is 0 Å². The third kappa shape index (κ3) is 2.69. The van der Waals surface area contributed by atoms with Gasteiger partial charge in [-0.25, -0.2) is 4.98 Å². The molecule has 0 radical (unpaired) electrons. The third-order valence-electron chi connectivity index (χ3n) is 3.38. The van der Waals surface area contributed by atoms with Crippen molar-refractivity contribution < 1.29 is 4.79 Å². The molecule has 1 fully saturated rings. The van der Waals surface area contributed by atoms with Crippen LogP contribution in [0.5, 0.6) is 0 Å². The van der Waals surface area contributed by atoms with Gasteiger partial charge < -0.3 is 4.90 Å². The Bertz CT molecular complexity index is 585. The normalized spacial score (nSPS) is 19.1. The number of hydrogen-bond acceptors (Lipinski definition) is 5. The van der Waals surface area contributed by atoms with E-state index in [1.807, 2.05) is 6.07 Å². The second-order valence-corrected chi connectivity index (χ2v) is 5.64. The van der Waals surface area contributed by atoms with Crippen molar-refractivity contribution in [1.82, 2.24) is 30.5 Å². The molecule has 0 saturated carbocycles. The molecular weight excluding hydrogens is 324 g/mol. The number of carbonyl (C=O) groups excluding carboxylic acids is 1. The summed E-state index contributed by atoms with van der Waals surface area (Å²) < 4.78 is 0.859. The topological polar surface area (TPSA) is 87.7 Å². The second kappa shape index (κ2) is 5.66. The van der Waals surface area contributed by atoms with Crippen LogP contribution in [0.2, 0.25) is 0 Å². The molecule has 20 heavy (non-hydrogen) atoms. The van der Waals surface area contributed by atoms with E-state index in [0.717, 1.165) is 23.9 Å². The summed E-state index contributed by atoms with van der Waals surface area (Å²) in [7, 11) is 0. The van der Waals surface area contributed by atoms with Gasteiger partial charge in [0.2, 0.25) is 0 Å². The van der Waals surface area contributed by atoms with E-state index in [9.17, 15) is 4.79 Å². The maximum atomic E-state index is 12.4. The zero-order chi connectivity index (χ0) is 13.9. The van der Waals surface area contributed by atoms with Crippen LogP contribution in [-0.4, -0.2) is 49.5 Å². The first kappa shape index (κ1) is 13.2. The number of aromatic amines is 1. The summed E-state index contributed by atoms with van der Waals surface area (Å²) in [6.45, 7) is 1.35. The highest BCUT2D eigenvalue weighted by molar-refractivity contribution is 9.10. The Balaban J connectivity index is 1.73. The molecule has 0 unspecified atom stereocenters. The monoisotopic (exact) mass is 336 g/mol. The summed E-state index contributed by atoms with van der Waals surface area (Å²) in [6.07, 6.45) is 3.53. The van der Waals surface area contributed by atoms with Gasteiger partial charge in [0, 0.05) is 29.7 Å². The van der Waals surface area contributed by atoms with Gasteiger partial charge in [0.25, 0.3) is 5.91 Å². The van der Waals surface area contributed by atoms with E-state index in [0.29, 0.717) is 18.1 Å². The number of aromatic nitrogens is 5. The Hall–Kier alpha value is -1.83. The van der Waals surface area contributed by atoms with Crippen LogP contribution < -0.4 is 0 Å². The number of halogens is 1. The Labute approximate surface area is 123 Å². The highest BCUT2D eigenvalue weighted by Gasteiger charge is 2.28. The van der Waals surface area contributed by atoms with E-state index in [1.165, 1.54) is 0 Å². The summed E-state index contributed by atoms with van der Waals surface area (Å²) in [6, 6.07) is 3.55. The molecule has 0 bridgehead atoms. The van der Waals surface area contributed by atoms with E-state index in [1.54, 1.807) is 17.2 Å². The molecule has 1 saturated heterocycles. The van der Waals surface area contributed by atoms with Crippen LogP contribution in [0.25, 0.3) is 0 Å². The first-order valence-electron chi connectivity index (χ1n) is 6.38. The molecule has 7 nitrogen and oxygen atoms in total. The highest BCUT2D eigenvalue weighted by Crippen LogP contribution is 2.24. The lowest BCUT2D eigenvalue weighted by molar-refractivity contribution is 0.0698. The van der Waals surface area contributed by atoms with E-state index in [-0.39, 0.29) is 11.8 Å². The van der Waals surface area contributed by atoms with Crippen LogP contribution in [0.4, 0.5) is 0 Å². The van der Waals surface area contributed by atoms with Gasteiger partial charge in [-0.15, -0.1) is 10.2 Å². The SMILES string of the molecule is O=C(c1ccc(Br)cn1)N1CCC[C@@H](c2nn[nH]n2)C1. The molecule has 8 heteroatoms. The van der Waals surface area contributed by atoms with E-state index >= 15 is 0 Å².